The summed E-state index contributed by atoms with van der Waals surface area (Å²) < 4.78 is 0. The summed E-state index contributed by atoms with van der Waals surface area (Å²) >= 11 is 0. The van der Waals surface area contributed by atoms with Crippen molar-refractivity contribution in [1.29, 1.82) is 0 Å². The van der Waals surface area contributed by atoms with Gasteiger partial charge in [-0.3, -0.25) is 4.79 Å². The molecule has 0 unspecified atom stereocenters. The molecule has 0 radical (unpaired) electrons. The maximum Gasteiger partial charge on any atom is 0.156 e. The fourth-order valence-electron chi connectivity index (χ4n) is 8.58. The van der Waals surface area contributed by atoms with E-state index in [1.165, 1.54) is 12.8 Å². The van der Waals surface area contributed by atoms with Gasteiger partial charge in [0.2, 0.25) is 0 Å². The molecular formula is C24H38O3. The van der Waals surface area contributed by atoms with E-state index < -0.39 is 0 Å². The Morgan fingerprint density at radius 3 is 2.48 bits per heavy atom. The van der Waals surface area contributed by atoms with E-state index in [0.29, 0.717) is 35.0 Å². The zero-order chi connectivity index (χ0) is 19.6. The molecule has 0 bridgehead atoms. The zero-order valence-electron chi connectivity index (χ0n) is 17.6. The Morgan fingerprint density at radius 2 is 1.85 bits per heavy atom. The lowest BCUT2D eigenvalue weighted by Gasteiger charge is -2.64. The van der Waals surface area contributed by atoms with Crippen molar-refractivity contribution in [2.45, 2.75) is 72.6 Å². The number of carbonyl (C=O) groups is 1. The maximum absolute atomic E-state index is 12.3. The van der Waals surface area contributed by atoms with Crippen LogP contribution in [0.15, 0.2) is 11.6 Å². The van der Waals surface area contributed by atoms with Crippen LogP contribution in [0.25, 0.3) is 0 Å². The van der Waals surface area contributed by atoms with Gasteiger partial charge in [-0.1, -0.05) is 26.8 Å². The maximum atomic E-state index is 12.3. The van der Waals surface area contributed by atoms with Gasteiger partial charge in [0.15, 0.2) is 5.78 Å². The van der Waals surface area contributed by atoms with Gasteiger partial charge in [0.25, 0.3) is 0 Å². The molecule has 4 rings (SSSR count). The summed E-state index contributed by atoms with van der Waals surface area (Å²) in [6.45, 7) is 9.30. The Kier molecular flexibility index (Phi) is 4.67. The van der Waals surface area contributed by atoms with Crippen molar-refractivity contribution in [2.24, 2.45) is 45.8 Å². The lowest BCUT2D eigenvalue weighted by atomic mass is 9.41. The molecule has 152 valence electrons. The van der Waals surface area contributed by atoms with Gasteiger partial charge >= 0.3 is 0 Å². The van der Waals surface area contributed by atoms with Crippen molar-refractivity contribution in [3.63, 3.8) is 0 Å². The van der Waals surface area contributed by atoms with Gasteiger partial charge in [0, 0.05) is 5.41 Å². The largest absolute Gasteiger partial charge is 0.396 e. The van der Waals surface area contributed by atoms with Crippen LogP contribution in [0.5, 0.6) is 0 Å². The van der Waals surface area contributed by atoms with Gasteiger partial charge in [0.1, 0.15) is 0 Å². The van der Waals surface area contributed by atoms with Gasteiger partial charge in [0.05, 0.1) is 13.2 Å². The first kappa shape index (κ1) is 19.6. The summed E-state index contributed by atoms with van der Waals surface area (Å²) in [4.78, 5) is 12.3. The van der Waals surface area contributed by atoms with Crippen LogP contribution in [-0.4, -0.2) is 29.2 Å². The molecule has 0 aromatic carbocycles. The molecule has 3 nitrogen and oxygen atoms in total. The van der Waals surface area contributed by atoms with Crippen LogP contribution >= 0.6 is 0 Å². The molecule has 0 aromatic heterocycles. The molecule has 3 heteroatoms. The van der Waals surface area contributed by atoms with E-state index >= 15 is 0 Å². The quantitative estimate of drug-likeness (QED) is 0.771. The van der Waals surface area contributed by atoms with E-state index in [9.17, 15) is 15.0 Å². The molecule has 2 N–H and O–H groups in total. The molecule has 0 heterocycles. The number of aliphatic hydroxyl groups excluding tert-OH is 2. The second-order valence-electron chi connectivity index (χ2n) is 11.1. The van der Waals surface area contributed by atoms with Gasteiger partial charge in [-0.25, -0.2) is 0 Å². The number of hydrogen-bond donors (Lipinski definition) is 2. The molecule has 7 atom stereocenters. The number of rotatable bonds is 3. The number of ketones is 1. The monoisotopic (exact) mass is 374 g/mol. The Bertz CT molecular complexity index is 648. The van der Waals surface area contributed by atoms with Crippen molar-refractivity contribution in [2.75, 3.05) is 13.2 Å². The minimum absolute atomic E-state index is 0.0736. The Labute approximate surface area is 164 Å². The number of hydrogen-bond acceptors (Lipinski definition) is 3. The van der Waals surface area contributed by atoms with E-state index in [-0.39, 0.29) is 29.8 Å². The highest BCUT2D eigenvalue weighted by Crippen LogP contribution is 2.69. The number of fused-ring (bicyclic) bond motifs is 5. The predicted octanol–water partition coefficient (Wildman–Crippen LogP) is 4.37. The minimum atomic E-state index is -0.264. The summed E-state index contributed by atoms with van der Waals surface area (Å²) in [7, 11) is 0. The van der Waals surface area contributed by atoms with Gasteiger partial charge in [-0.2, -0.15) is 0 Å². The average Bonchev–Trinajstić information content (AvgIpc) is 2.97. The van der Waals surface area contributed by atoms with Gasteiger partial charge in [-0.15, -0.1) is 0 Å². The third kappa shape index (κ3) is 2.64. The van der Waals surface area contributed by atoms with Crippen LogP contribution in [0, 0.1) is 45.8 Å². The fraction of sp³-hybridized carbons (Fsp3) is 0.875. The molecule has 0 spiro atoms. The second-order valence-corrected chi connectivity index (χ2v) is 11.1. The van der Waals surface area contributed by atoms with Gasteiger partial charge < -0.3 is 10.2 Å². The van der Waals surface area contributed by atoms with Crippen molar-refractivity contribution < 1.29 is 15.0 Å². The van der Waals surface area contributed by atoms with Crippen molar-refractivity contribution in [3.05, 3.63) is 11.6 Å². The topological polar surface area (TPSA) is 57.5 Å². The first-order valence-corrected chi connectivity index (χ1v) is 11.1. The third-order valence-corrected chi connectivity index (χ3v) is 9.81. The molecule has 3 saturated carbocycles. The van der Waals surface area contributed by atoms with E-state index in [4.69, 9.17) is 0 Å². The van der Waals surface area contributed by atoms with Crippen LogP contribution in [-0.2, 0) is 4.79 Å². The lowest BCUT2D eigenvalue weighted by Crippen LogP contribution is -2.58. The smallest absolute Gasteiger partial charge is 0.156 e. The number of carbonyl (C=O) groups excluding carboxylic acids is 1. The normalized spacial score (nSPS) is 48.2. The molecule has 4 aliphatic rings. The molecule has 0 aromatic rings. The van der Waals surface area contributed by atoms with E-state index in [0.717, 1.165) is 37.7 Å². The predicted molar refractivity (Wildman–Crippen MR) is 107 cm³/mol. The van der Waals surface area contributed by atoms with Crippen molar-refractivity contribution in [1.82, 2.24) is 0 Å². The first-order valence-electron chi connectivity index (χ1n) is 11.1. The van der Waals surface area contributed by atoms with E-state index in [1.807, 2.05) is 0 Å². The van der Waals surface area contributed by atoms with Crippen LogP contribution in [0.4, 0.5) is 0 Å². The lowest BCUT2D eigenvalue weighted by molar-refractivity contribution is -0.156. The second kappa shape index (κ2) is 6.42. The molecule has 27 heavy (non-hydrogen) atoms. The van der Waals surface area contributed by atoms with E-state index in [1.54, 1.807) is 6.92 Å². The van der Waals surface area contributed by atoms with Crippen LogP contribution in [0.1, 0.15) is 72.6 Å². The Balaban J connectivity index is 1.64. The first-order chi connectivity index (χ1) is 12.7. The summed E-state index contributed by atoms with van der Waals surface area (Å²) in [6.07, 6.45) is 10.00. The highest BCUT2D eigenvalue weighted by atomic mass is 16.3. The fourth-order valence-corrected chi connectivity index (χ4v) is 8.58. The van der Waals surface area contributed by atoms with E-state index in [2.05, 4.69) is 26.8 Å². The number of aliphatic hydroxyl groups is 2. The Morgan fingerprint density at radius 1 is 1.15 bits per heavy atom. The van der Waals surface area contributed by atoms with Gasteiger partial charge in [-0.05, 0) is 97.9 Å². The summed E-state index contributed by atoms with van der Waals surface area (Å²) in [6, 6.07) is 0. The molecule has 4 aliphatic carbocycles. The summed E-state index contributed by atoms with van der Waals surface area (Å²) in [5.74, 6) is 3.56. The van der Waals surface area contributed by atoms with Crippen molar-refractivity contribution >= 4 is 5.78 Å². The SMILES string of the molecule is CC(=O)C1=CC[C@H]2[C@@H]3CC[C@H]4CC(CO)(CO)CC[C@]4(C)[C@H]3[C@@H](C)C[C@]12C. The summed E-state index contributed by atoms with van der Waals surface area (Å²) in [5, 5.41) is 19.9. The average molecular weight is 375 g/mol. The number of Topliss-reactive ketones (excluding diaryl/α,β-unsaturated/α-hetero) is 1. The van der Waals surface area contributed by atoms with Crippen LogP contribution in [0.3, 0.4) is 0 Å². The summed E-state index contributed by atoms with van der Waals surface area (Å²) in [5.41, 5.74) is 1.23. The molecule has 0 aliphatic heterocycles. The molecule has 0 saturated heterocycles. The minimum Gasteiger partial charge on any atom is -0.396 e. The standard InChI is InChI=1S/C24H38O3/c1-15-11-23(4)19(16(2)27)7-8-20(23)18-6-5-17-12-24(13-25,14-26)10-9-22(17,3)21(15)18/h7,15,17-18,20-21,25-26H,5-6,8-14H2,1-4H3/t15-,17-,18-,20-,21-,22-,23+/m0/s1. The molecular weight excluding hydrogens is 336 g/mol. The van der Waals surface area contributed by atoms with Crippen LogP contribution in [0.2, 0.25) is 0 Å². The highest BCUT2D eigenvalue weighted by molar-refractivity contribution is 5.95. The van der Waals surface area contributed by atoms with Crippen molar-refractivity contribution in [3.8, 4) is 0 Å². The number of allylic oxidation sites excluding steroid dienone is 2. The molecule has 0 amide bonds. The van der Waals surface area contributed by atoms with Crippen LogP contribution < -0.4 is 0 Å². The third-order valence-electron chi connectivity index (χ3n) is 9.81. The zero-order valence-corrected chi connectivity index (χ0v) is 17.6. The highest BCUT2D eigenvalue weighted by Gasteiger charge is 2.62. The molecule has 3 fully saturated rings. The Hall–Kier alpha value is -0.670.